The van der Waals surface area contributed by atoms with Crippen LogP contribution in [0.1, 0.15) is 37.8 Å². The normalized spacial score (nSPS) is 15.3. The second-order valence-electron chi connectivity index (χ2n) is 7.73. The van der Waals surface area contributed by atoms with Crippen molar-refractivity contribution in [1.29, 1.82) is 0 Å². The lowest BCUT2D eigenvalue weighted by molar-refractivity contribution is -0.124. The van der Waals surface area contributed by atoms with Crippen molar-refractivity contribution in [2.45, 2.75) is 33.2 Å². The van der Waals surface area contributed by atoms with Crippen LogP contribution in [0.15, 0.2) is 48.5 Å². The summed E-state index contributed by atoms with van der Waals surface area (Å²) in [5, 5.41) is 3.27. The quantitative estimate of drug-likeness (QED) is 0.798. The SMILES string of the molecule is COc1ccc(N(Cc2ccc(C(C)C)cc2)C(=O)C(C)C2CNC2)cc1. The van der Waals surface area contributed by atoms with Gasteiger partial charge in [0.15, 0.2) is 0 Å². The van der Waals surface area contributed by atoms with Crippen molar-refractivity contribution >= 4 is 11.6 Å². The van der Waals surface area contributed by atoms with Crippen molar-refractivity contribution in [3.05, 3.63) is 59.7 Å². The summed E-state index contributed by atoms with van der Waals surface area (Å²) in [5.74, 6) is 1.90. The van der Waals surface area contributed by atoms with E-state index in [1.807, 2.05) is 36.1 Å². The van der Waals surface area contributed by atoms with Gasteiger partial charge in [-0.05, 0) is 60.3 Å². The molecule has 1 unspecified atom stereocenters. The number of hydrogen-bond donors (Lipinski definition) is 1. The largest absolute Gasteiger partial charge is 0.497 e. The molecule has 1 atom stereocenters. The van der Waals surface area contributed by atoms with Gasteiger partial charge < -0.3 is 15.0 Å². The minimum Gasteiger partial charge on any atom is -0.497 e. The summed E-state index contributed by atoms with van der Waals surface area (Å²) in [7, 11) is 1.65. The van der Waals surface area contributed by atoms with E-state index in [0.29, 0.717) is 18.4 Å². The number of benzene rings is 2. The maximum absolute atomic E-state index is 13.3. The van der Waals surface area contributed by atoms with Crippen LogP contribution in [0.2, 0.25) is 0 Å². The number of nitrogens with zero attached hydrogens (tertiary/aromatic N) is 1. The first-order valence-corrected chi connectivity index (χ1v) is 9.74. The lowest BCUT2D eigenvalue weighted by atomic mass is 9.87. The van der Waals surface area contributed by atoms with Gasteiger partial charge in [0.1, 0.15) is 5.75 Å². The van der Waals surface area contributed by atoms with E-state index in [9.17, 15) is 4.79 Å². The Morgan fingerprint density at radius 3 is 2.19 bits per heavy atom. The van der Waals surface area contributed by atoms with Crippen LogP contribution in [0.5, 0.6) is 5.75 Å². The third kappa shape index (κ3) is 4.51. The first-order valence-electron chi connectivity index (χ1n) is 9.74. The lowest BCUT2D eigenvalue weighted by Gasteiger charge is -2.35. The summed E-state index contributed by atoms with van der Waals surface area (Å²) in [6.45, 7) is 8.85. The highest BCUT2D eigenvalue weighted by atomic mass is 16.5. The van der Waals surface area contributed by atoms with Gasteiger partial charge in [-0.1, -0.05) is 45.0 Å². The molecule has 1 aliphatic rings. The van der Waals surface area contributed by atoms with Gasteiger partial charge in [-0.25, -0.2) is 0 Å². The van der Waals surface area contributed by atoms with Crippen LogP contribution in [-0.4, -0.2) is 26.1 Å². The van der Waals surface area contributed by atoms with Gasteiger partial charge in [0, 0.05) is 11.6 Å². The number of anilines is 1. The van der Waals surface area contributed by atoms with Crippen LogP contribution in [0.4, 0.5) is 5.69 Å². The van der Waals surface area contributed by atoms with Crippen LogP contribution < -0.4 is 15.0 Å². The minimum atomic E-state index is 0.00305. The van der Waals surface area contributed by atoms with Gasteiger partial charge in [0.2, 0.25) is 5.91 Å². The van der Waals surface area contributed by atoms with Crippen LogP contribution >= 0.6 is 0 Å². The van der Waals surface area contributed by atoms with E-state index in [-0.39, 0.29) is 11.8 Å². The standard InChI is InChI=1S/C23H30N2O2/c1-16(2)19-7-5-18(6-8-19)15-25(21-9-11-22(27-4)12-10-21)23(26)17(3)20-13-24-14-20/h5-12,16-17,20,24H,13-15H2,1-4H3. The molecular weight excluding hydrogens is 336 g/mol. The lowest BCUT2D eigenvalue weighted by Crippen LogP contribution is -2.50. The average Bonchev–Trinajstić information content (AvgIpc) is 2.64. The molecule has 0 aliphatic carbocycles. The summed E-state index contributed by atoms with van der Waals surface area (Å²) >= 11 is 0. The third-order valence-electron chi connectivity index (χ3n) is 5.55. The Balaban J connectivity index is 1.84. The molecule has 3 rings (SSSR count). The second-order valence-corrected chi connectivity index (χ2v) is 7.73. The number of rotatable bonds is 7. The molecule has 1 heterocycles. The van der Waals surface area contributed by atoms with Crippen molar-refractivity contribution in [2.75, 3.05) is 25.1 Å². The molecule has 27 heavy (non-hydrogen) atoms. The van der Waals surface area contributed by atoms with Crippen LogP contribution in [-0.2, 0) is 11.3 Å². The van der Waals surface area contributed by atoms with Crippen molar-refractivity contribution < 1.29 is 9.53 Å². The Morgan fingerprint density at radius 1 is 1.07 bits per heavy atom. The van der Waals surface area contributed by atoms with Gasteiger partial charge in [-0.15, -0.1) is 0 Å². The Labute approximate surface area is 162 Å². The molecule has 1 fully saturated rings. The molecule has 0 aromatic heterocycles. The van der Waals surface area contributed by atoms with E-state index >= 15 is 0 Å². The van der Waals surface area contributed by atoms with Crippen molar-refractivity contribution in [3.63, 3.8) is 0 Å². The highest BCUT2D eigenvalue weighted by Gasteiger charge is 2.32. The minimum absolute atomic E-state index is 0.00305. The summed E-state index contributed by atoms with van der Waals surface area (Å²) in [5.41, 5.74) is 3.37. The van der Waals surface area contributed by atoms with Crippen molar-refractivity contribution in [3.8, 4) is 5.75 Å². The van der Waals surface area contributed by atoms with Crippen molar-refractivity contribution in [2.24, 2.45) is 11.8 Å². The van der Waals surface area contributed by atoms with E-state index in [0.717, 1.165) is 30.1 Å². The summed E-state index contributed by atoms with van der Waals surface area (Å²) < 4.78 is 5.26. The highest BCUT2D eigenvalue weighted by Crippen LogP contribution is 2.27. The Morgan fingerprint density at radius 2 is 1.70 bits per heavy atom. The molecule has 1 amide bonds. The Hall–Kier alpha value is -2.33. The molecule has 1 N–H and O–H groups in total. The average molecular weight is 367 g/mol. The number of ether oxygens (including phenoxy) is 1. The zero-order chi connectivity index (χ0) is 19.4. The van der Waals surface area contributed by atoms with Crippen molar-refractivity contribution in [1.82, 2.24) is 5.32 Å². The monoisotopic (exact) mass is 366 g/mol. The van der Waals surface area contributed by atoms with Gasteiger partial charge in [0.05, 0.1) is 13.7 Å². The van der Waals surface area contributed by atoms with E-state index in [4.69, 9.17) is 4.74 Å². The maximum Gasteiger partial charge on any atom is 0.230 e. The molecule has 0 saturated carbocycles. The number of amides is 1. The summed E-state index contributed by atoms with van der Waals surface area (Å²) in [6, 6.07) is 16.3. The molecule has 1 saturated heterocycles. The number of methoxy groups -OCH3 is 1. The predicted octanol–water partition coefficient (Wildman–Crippen LogP) is 4.21. The molecule has 2 aromatic rings. The fraction of sp³-hybridized carbons (Fsp3) is 0.435. The van der Waals surface area contributed by atoms with E-state index in [1.165, 1.54) is 5.56 Å². The maximum atomic E-state index is 13.3. The van der Waals surface area contributed by atoms with E-state index in [1.54, 1.807) is 7.11 Å². The molecule has 4 nitrogen and oxygen atoms in total. The molecule has 0 bridgehead atoms. The number of carbonyl (C=O) groups is 1. The zero-order valence-corrected chi connectivity index (χ0v) is 16.7. The third-order valence-corrected chi connectivity index (χ3v) is 5.55. The first-order chi connectivity index (χ1) is 13.0. The van der Waals surface area contributed by atoms with Crippen LogP contribution in [0, 0.1) is 11.8 Å². The van der Waals surface area contributed by atoms with Gasteiger partial charge in [-0.3, -0.25) is 4.79 Å². The zero-order valence-electron chi connectivity index (χ0n) is 16.7. The topological polar surface area (TPSA) is 41.6 Å². The molecule has 2 aromatic carbocycles. The fourth-order valence-electron chi connectivity index (χ4n) is 3.36. The summed E-state index contributed by atoms with van der Waals surface area (Å²) in [6.07, 6.45) is 0. The first kappa shape index (κ1) is 19.4. The second kappa shape index (κ2) is 8.57. The Kier molecular flexibility index (Phi) is 6.17. The highest BCUT2D eigenvalue weighted by molar-refractivity contribution is 5.95. The molecule has 1 aliphatic heterocycles. The van der Waals surface area contributed by atoms with Gasteiger partial charge in [-0.2, -0.15) is 0 Å². The molecule has 0 radical (unpaired) electrons. The summed E-state index contributed by atoms with van der Waals surface area (Å²) in [4.78, 5) is 15.2. The number of hydrogen-bond acceptors (Lipinski definition) is 3. The van der Waals surface area contributed by atoms with Gasteiger partial charge in [0.25, 0.3) is 0 Å². The smallest absolute Gasteiger partial charge is 0.230 e. The molecule has 0 spiro atoms. The van der Waals surface area contributed by atoms with Gasteiger partial charge >= 0.3 is 0 Å². The fourth-order valence-corrected chi connectivity index (χ4v) is 3.36. The van der Waals surface area contributed by atoms with Crippen LogP contribution in [0.25, 0.3) is 0 Å². The molecule has 144 valence electrons. The molecular formula is C23H30N2O2. The van der Waals surface area contributed by atoms with E-state index in [2.05, 4.69) is 43.4 Å². The van der Waals surface area contributed by atoms with Crippen LogP contribution in [0.3, 0.4) is 0 Å². The van der Waals surface area contributed by atoms with E-state index < -0.39 is 0 Å². The Bertz CT molecular complexity index is 749. The molecule has 4 heteroatoms. The number of nitrogens with one attached hydrogen (secondary N) is 1. The predicted molar refractivity (Wildman–Crippen MR) is 110 cm³/mol. The number of carbonyl (C=O) groups excluding carboxylic acids is 1.